The van der Waals surface area contributed by atoms with Crippen LogP contribution in [0.2, 0.25) is 0 Å². The van der Waals surface area contributed by atoms with Crippen LogP contribution in [0.4, 0.5) is 13.2 Å². The van der Waals surface area contributed by atoms with E-state index in [9.17, 15) is 21.6 Å². The van der Waals surface area contributed by atoms with Crippen molar-refractivity contribution in [1.82, 2.24) is 0 Å². The number of ether oxygens (including phenoxy) is 2. The molecular weight excluding hydrogens is 503 g/mol. The van der Waals surface area contributed by atoms with Crippen LogP contribution in [0.15, 0.2) is 82.1 Å². The first-order chi connectivity index (χ1) is 17.7. The Morgan fingerprint density at radius 1 is 0.892 bits per heavy atom. The summed E-state index contributed by atoms with van der Waals surface area (Å²) in [6.45, 7) is 0.478. The molecular formula is C28H26F3NO4S. The van der Waals surface area contributed by atoms with Gasteiger partial charge in [0.05, 0.1) is 11.0 Å². The summed E-state index contributed by atoms with van der Waals surface area (Å²) in [4.78, 5) is -0.200. The highest BCUT2D eigenvalue weighted by Gasteiger charge is 2.35. The van der Waals surface area contributed by atoms with E-state index in [2.05, 4.69) is 45.5 Å². The number of hydrogen-bond donors (Lipinski definition) is 0. The molecule has 0 N–H and O–H groups in total. The van der Waals surface area contributed by atoms with Crippen LogP contribution in [-0.2, 0) is 27.6 Å². The summed E-state index contributed by atoms with van der Waals surface area (Å²) in [5, 5.41) is 0. The normalized spacial score (nSPS) is 20.7. The van der Waals surface area contributed by atoms with E-state index in [1.54, 1.807) is 0 Å². The SMILES string of the molecule is O=S(=O)(/N=C/C1CCO[C@H](C2c3ccccc3CCc3ccccc32)C1)c1ccc(OC(F)(F)F)cc1. The fourth-order valence-corrected chi connectivity index (χ4v) is 6.17. The average molecular weight is 530 g/mol. The Hall–Kier alpha value is -3.17. The van der Waals surface area contributed by atoms with Crippen LogP contribution in [0.1, 0.15) is 41.0 Å². The van der Waals surface area contributed by atoms with Gasteiger partial charge in [-0.1, -0.05) is 48.5 Å². The monoisotopic (exact) mass is 529 g/mol. The molecule has 0 bridgehead atoms. The maximum absolute atomic E-state index is 12.7. The Morgan fingerprint density at radius 3 is 2.08 bits per heavy atom. The maximum Gasteiger partial charge on any atom is 0.573 e. The number of aryl methyl sites for hydroxylation is 2. The van der Waals surface area contributed by atoms with Crippen LogP contribution in [0.5, 0.6) is 5.75 Å². The van der Waals surface area contributed by atoms with Gasteiger partial charge in [-0.15, -0.1) is 13.2 Å². The minimum Gasteiger partial charge on any atom is -0.406 e. The van der Waals surface area contributed by atoms with Gasteiger partial charge in [-0.05, 0) is 78.1 Å². The highest BCUT2D eigenvalue weighted by molar-refractivity contribution is 7.90. The molecule has 1 saturated heterocycles. The van der Waals surface area contributed by atoms with Crippen LogP contribution in [0.25, 0.3) is 0 Å². The van der Waals surface area contributed by atoms with E-state index < -0.39 is 22.1 Å². The van der Waals surface area contributed by atoms with Gasteiger partial charge in [0, 0.05) is 18.7 Å². The van der Waals surface area contributed by atoms with Crippen molar-refractivity contribution in [3.8, 4) is 5.75 Å². The number of benzene rings is 3. The van der Waals surface area contributed by atoms with Gasteiger partial charge in [0.1, 0.15) is 5.75 Å². The molecule has 9 heteroatoms. The van der Waals surface area contributed by atoms with E-state index in [-0.39, 0.29) is 22.8 Å². The Balaban J connectivity index is 1.36. The van der Waals surface area contributed by atoms with E-state index in [1.807, 2.05) is 12.1 Å². The second-order valence-corrected chi connectivity index (χ2v) is 11.0. The minimum absolute atomic E-state index is 0.0314. The predicted molar refractivity (Wildman–Crippen MR) is 133 cm³/mol. The molecule has 1 fully saturated rings. The molecule has 3 aromatic rings. The molecule has 0 saturated carbocycles. The number of nitrogens with zero attached hydrogens (tertiary/aromatic N) is 1. The Bertz CT molecular complexity index is 1340. The molecule has 0 aromatic heterocycles. The molecule has 1 aliphatic carbocycles. The third kappa shape index (κ3) is 5.88. The minimum atomic E-state index is -4.85. The Kier molecular flexibility index (Phi) is 7.09. The summed E-state index contributed by atoms with van der Waals surface area (Å²) in [7, 11) is -4.07. The van der Waals surface area contributed by atoms with Crippen molar-refractivity contribution in [1.29, 1.82) is 0 Å². The lowest BCUT2D eigenvalue weighted by molar-refractivity contribution is -0.274. The van der Waals surface area contributed by atoms with E-state index in [4.69, 9.17) is 4.74 Å². The van der Waals surface area contributed by atoms with Crippen LogP contribution in [0, 0.1) is 5.92 Å². The van der Waals surface area contributed by atoms with Crippen molar-refractivity contribution < 1.29 is 31.1 Å². The van der Waals surface area contributed by atoms with E-state index >= 15 is 0 Å². The van der Waals surface area contributed by atoms with E-state index in [1.165, 1.54) is 28.5 Å². The molecule has 2 atom stereocenters. The third-order valence-corrected chi connectivity index (χ3v) is 8.20. The zero-order chi connectivity index (χ0) is 26.0. The van der Waals surface area contributed by atoms with Gasteiger partial charge in [0.2, 0.25) is 0 Å². The van der Waals surface area contributed by atoms with Gasteiger partial charge < -0.3 is 9.47 Å². The van der Waals surface area contributed by atoms with Gasteiger partial charge in [-0.3, -0.25) is 0 Å². The molecule has 194 valence electrons. The van der Waals surface area contributed by atoms with Gasteiger partial charge in [0.15, 0.2) is 0 Å². The molecule has 5 rings (SSSR count). The molecule has 0 amide bonds. The number of hydrogen-bond acceptors (Lipinski definition) is 4. The van der Waals surface area contributed by atoms with Crippen LogP contribution in [-0.4, -0.2) is 33.7 Å². The lowest BCUT2D eigenvalue weighted by atomic mass is 9.79. The number of alkyl halides is 3. The Labute approximate surface area is 214 Å². The fraction of sp³-hybridized carbons (Fsp3) is 0.321. The average Bonchev–Trinajstić information content (AvgIpc) is 3.04. The quantitative estimate of drug-likeness (QED) is 0.377. The smallest absolute Gasteiger partial charge is 0.406 e. The van der Waals surface area contributed by atoms with Crippen molar-refractivity contribution in [2.45, 2.75) is 49.0 Å². The highest BCUT2D eigenvalue weighted by atomic mass is 32.2. The summed E-state index contributed by atoms with van der Waals surface area (Å²) >= 11 is 0. The molecule has 0 radical (unpaired) electrons. The molecule has 0 spiro atoms. The molecule has 3 aromatic carbocycles. The predicted octanol–water partition coefficient (Wildman–Crippen LogP) is 6.07. The van der Waals surface area contributed by atoms with Gasteiger partial charge in [-0.25, -0.2) is 0 Å². The van der Waals surface area contributed by atoms with E-state index in [0.29, 0.717) is 19.4 Å². The lowest BCUT2D eigenvalue weighted by Gasteiger charge is -2.35. The molecule has 1 heterocycles. The second kappa shape index (κ2) is 10.3. The summed E-state index contributed by atoms with van der Waals surface area (Å²) in [5.41, 5.74) is 5.07. The van der Waals surface area contributed by atoms with E-state index in [0.717, 1.165) is 37.1 Å². The molecule has 1 aliphatic heterocycles. The fourth-order valence-electron chi connectivity index (χ4n) is 5.23. The molecule has 5 nitrogen and oxygen atoms in total. The van der Waals surface area contributed by atoms with Gasteiger partial charge >= 0.3 is 6.36 Å². The van der Waals surface area contributed by atoms with Gasteiger partial charge in [0.25, 0.3) is 10.0 Å². The second-order valence-electron chi connectivity index (χ2n) is 9.32. The first kappa shape index (κ1) is 25.5. The van der Waals surface area contributed by atoms with Gasteiger partial charge in [-0.2, -0.15) is 12.8 Å². The lowest BCUT2D eigenvalue weighted by Crippen LogP contribution is -2.32. The maximum atomic E-state index is 12.7. The summed E-state index contributed by atoms with van der Waals surface area (Å²) in [6, 6.07) is 20.8. The van der Waals surface area contributed by atoms with Crippen LogP contribution in [0.3, 0.4) is 0 Å². The van der Waals surface area contributed by atoms with Crippen molar-refractivity contribution in [3.63, 3.8) is 0 Å². The molecule has 1 unspecified atom stereocenters. The first-order valence-electron chi connectivity index (χ1n) is 12.1. The topological polar surface area (TPSA) is 65.0 Å². The number of fused-ring (bicyclic) bond motifs is 2. The standard InChI is InChI=1S/C28H26F3NO4S/c29-28(30,31)36-22-11-13-23(14-12-22)37(33,34)32-18-19-15-16-35-26(17-19)27-24-7-3-1-5-20(24)9-10-21-6-2-4-8-25(21)27/h1-8,11-14,18-19,26-27H,9-10,15-17H2/b32-18+/t19?,26-/m0/s1. The summed E-state index contributed by atoms with van der Waals surface area (Å²) in [5.74, 6) is -0.584. The number of halogens is 3. The Morgan fingerprint density at radius 2 is 1.49 bits per heavy atom. The third-order valence-electron chi connectivity index (χ3n) is 6.94. The zero-order valence-electron chi connectivity index (χ0n) is 19.9. The number of rotatable bonds is 5. The zero-order valence-corrected chi connectivity index (χ0v) is 20.7. The molecule has 2 aliphatic rings. The largest absolute Gasteiger partial charge is 0.573 e. The summed E-state index contributed by atoms with van der Waals surface area (Å²) in [6.07, 6.45) is -0.421. The molecule has 37 heavy (non-hydrogen) atoms. The summed E-state index contributed by atoms with van der Waals surface area (Å²) < 4.78 is 76.6. The van der Waals surface area contributed by atoms with Crippen molar-refractivity contribution in [3.05, 3.63) is 95.1 Å². The number of sulfonamides is 1. The first-order valence-corrected chi connectivity index (χ1v) is 13.6. The van der Waals surface area contributed by atoms with Crippen molar-refractivity contribution >= 4 is 16.2 Å². The van der Waals surface area contributed by atoms with Crippen LogP contribution >= 0.6 is 0 Å². The highest BCUT2D eigenvalue weighted by Crippen LogP contribution is 2.41. The van der Waals surface area contributed by atoms with Crippen LogP contribution < -0.4 is 4.74 Å². The van der Waals surface area contributed by atoms with Crippen molar-refractivity contribution in [2.75, 3.05) is 6.61 Å². The van der Waals surface area contributed by atoms with Crippen molar-refractivity contribution in [2.24, 2.45) is 10.3 Å².